The molecule has 0 saturated heterocycles. The summed E-state index contributed by atoms with van der Waals surface area (Å²) in [6.07, 6.45) is 1.94. The van der Waals surface area contributed by atoms with Gasteiger partial charge in [0, 0.05) is 19.7 Å². The van der Waals surface area contributed by atoms with Crippen molar-refractivity contribution in [1.29, 1.82) is 0 Å². The maximum Gasteiger partial charge on any atom is 0.243 e. The number of benzene rings is 2. The van der Waals surface area contributed by atoms with Crippen molar-refractivity contribution in [2.24, 2.45) is 0 Å². The zero-order valence-corrected chi connectivity index (χ0v) is 14.2. The quantitative estimate of drug-likeness (QED) is 0.692. The maximum absolute atomic E-state index is 11.9. The molecular formula is C17H18N4OS. The van der Waals surface area contributed by atoms with E-state index in [1.54, 1.807) is 23.7 Å². The Kier molecular flexibility index (Phi) is 4.34. The Morgan fingerprint density at radius 2 is 1.91 bits per heavy atom. The summed E-state index contributed by atoms with van der Waals surface area (Å²) in [5, 5.41) is 7.59. The van der Waals surface area contributed by atoms with E-state index in [-0.39, 0.29) is 12.5 Å². The zero-order valence-electron chi connectivity index (χ0n) is 13.4. The first-order valence-corrected chi connectivity index (χ1v) is 8.49. The topological polar surface area (TPSA) is 51.0 Å². The molecule has 1 amide bonds. The lowest BCUT2D eigenvalue weighted by molar-refractivity contribution is -0.129. The molecular weight excluding hydrogens is 308 g/mol. The third-order valence-corrected chi connectivity index (χ3v) is 4.28. The van der Waals surface area contributed by atoms with Gasteiger partial charge in [0.15, 0.2) is 11.0 Å². The first-order valence-electron chi connectivity index (χ1n) is 7.26. The van der Waals surface area contributed by atoms with Crippen molar-refractivity contribution in [2.45, 2.75) is 11.7 Å². The minimum Gasteiger partial charge on any atom is -0.347 e. The molecule has 0 atom stereocenters. The number of carbonyl (C=O) groups excluding carboxylic acids is 1. The predicted molar refractivity (Wildman–Crippen MR) is 93.4 cm³/mol. The second-order valence-electron chi connectivity index (χ2n) is 5.43. The summed E-state index contributed by atoms with van der Waals surface area (Å²) in [5.74, 6) is 0.641. The average Bonchev–Trinajstić information content (AvgIpc) is 2.97. The molecule has 0 spiro atoms. The molecule has 0 N–H and O–H groups in total. The van der Waals surface area contributed by atoms with Crippen LogP contribution >= 0.6 is 11.8 Å². The van der Waals surface area contributed by atoms with Crippen LogP contribution < -0.4 is 0 Å². The lowest BCUT2D eigenvalue weighted by Gasteiger charge is -2.10. The molecule has 23 heavy (non-hydrogen) atoms. The van der Waals surface area contributed by atoms with Gasteiger partial charge in [0.1, 0.15) is 6.54 Å². The third kappa shape index (κ3) is 3.22. The Bertz CT molecular complexity index is 857. The van der Waals surface area contributed by atoms with E-state index in [0.29, 0.717) is 5.82 Å². The van der Waals surface area contributed by atoms with E-state index >= 15 is 0 Å². The van der Waals surface area contributed by atoms with Gasteiger partial charge in [-0.2, -0.15) is 0 Å². The molecule has 5 nitrogen and oxygen atoms in total. The van der Waals surface area contributed by atoms with Gasteiger partial charge >= 0.3 is 0 Å². The number of aromatic nitrogens is 3. The Morgan fingerprint density at radius 1 is 1.17 bits per heavy atom. The minimum atomic E-state index is -0.00439. The normalized spacial score (nSPS) is 10.9. The molecule has 0 saturated carbocycles. The van der Waals surface area contributed by atoms with E-state index in [9.17, 15) is 4.79 Å². The summed E-state index contributed by atoms with van der Waals surface area (Å²) in [4.78, 5) is 18.0. The highest BCUT2D eigenvalue weighted by Crippen LogP contribution is 2.24. The van der Waals surface area contributed by atoms with Gasteiger partial charge in [-0.25, -0.2) is 9.67 Å². The standard InChI is InChI=1S/C17H18N4OS/c1-20(2)15(22)11-21-17(23-3)18-16(19-21)14-9-8-12-6-4-5-7-13(12)10-14/h4-10H,11H2,1-3H3. The van der Waals surface area contributed by atoms with Crippen LogP contribution in [0.25, 0.3) is 22.2 Å². The van der Waals surface area contributed by atoms with Gasteiger partial charge in [-0.05, 0) is 23.1 Å². The van der Waals surface area contributed by atoms with Crippen LogP contribution in [0.5, 0.6) is 0 Å². The SMILES string of the molecule is CSc1nc(-c2ccc3ccccc3c2)nn1CC(=O)N(C)C. The van der Waals surface area contributed by atoms with E-state index in [1.807, 2.05) is 24.5 Å². The summed E-state index contributed by atoms with van der Waals surface area (Å²) >= 11 is 1.49. The van der Waals surface area contributed by atoms with E-state index < -0.39 is 0 Å². The lowest BCUT2D eigenvalue weighted by atomic mass is 10.1. The summed E-state index contributed by atoms with van der Waals surface area (Å²) in [6, 6.07) is 14.3. The highest BCUT2D eigenvalue weighted by molar-refractivity contribution is 7.98. The molecule has 3 rings (SSSR count). The third-order valence-electron chi connectivity index (χ3n) is 3.61. The van der Waals surface area contributed by atoms with Crippen LogP contribution in [0.2, 0.25) is 0 Å². The van der Waals surface area contributed by atoms with Crippen LogP contribution in [0.3, 0.4) is 0 Å². The number of amides is 1. The number of rotatable bonds is 4. The van der Waals surface area contributed by atoms with Crippen molar-refractivity contribution in [3.63, 3.8) is 0 Å². The molecule has 3 aromatic rings. The monoisotopic (exact) mass is 326 g/mol. The number of hydrogen-bond acceptors (Lipinski definition) is 4. The molecule has 0 unspecified atom stereocenters. The Balaban J connectivity index is 1.98. The summed E-state index contributed by atoms with van der Waals surface area (Å²) in [6.45, 7) is 0.198. The van der Waals surface area contributed by atoms with Gasteiger partial charge in [0.2, 0.25) is 5.91 Å². The summed E-state index contributed by atoms with van der Waals surface area (Å²) < 4.78 is 1.66. The molecule has 0 aliphatic carbocycles. The highest BCUT2D eigenvalue weighted by Gasteiger charge is 2.14. The molecule has 0 radical (unpaired) electrons. The number of hydrogen-bond donors (Lipinski definition) is 0. The van der Waals surface area contributed by atoms with Crippen molar-refractivity contribution in [3.8, 4) is 11.4 Å². The number of carbonyl (C=O) groups is 1. The van der Waals surface area contributed by atoms with Crippen LogP contribution in [0.15, 0.2) is 47.6 Å². The molecule has 0 aliphatic rings. The molecule has 6 heteroatoms. The fraction of sp³-hybridized carbons (Fsp3) is 0.235. The van der Waals surface area contributed by atoms with Crippen LogP contribution in [-0.4, -0.2) is 45.9 Å². The average molecular weight is 326 g/mol. The first kappa shape index (κ1) is 15.6. The van der Waals surface area contributed by atoms with Crippen LogP contribution in [0.1, 0.15) is 0 Å². The van der Waals surface area contributed by atoms with E-state index in [1.165, 1.54) is 17.1 Å². The predicted octanol–water partition coefficient (Wildman–Crippen LogP) is 2.91. The van der Waals surface area contributed by atoms with E-state index in [2.05, 4.69) is 34.3 Å². The molecule has 0 fully saturated rings. The van der Waals surface area contributed by atoms with E-state index in [0.717, 1.165) is 16.1 Å². The summed E-state index contributed by atoms with van der Waals surface area (Å²) in [5.41, 5.74) is 0.954. The molecule has 0 bridgehead atoms. The lowest BCUT2D eigenvalue weighted by Crippen LogP contribution is -2.27. The molecule has 1 aromatic heterocycles. The van der Waals surface area contributed by atoms with Crippen LogP contribution in [0, 0.1) is 0 Å². The Hall–Kier alpha value is -2.34. The van der Waals surface area contributed by atoms with Gasteiger partial charge in [-0.3, -0.25) is 4.79 Å². The highest BCUT2D eigenvalue weighted by atomic mass is 32.2. The smallest absolute Gasteiger partial charge is 0.243 e. The van der Waals surface area contributed by atoms with Gasteiger partial charge in [0.05, 0.1) is 0 Å². The fourth-order valence-corrected chi connectivity index (χ4v) is 2.80. The van der Waals surface area contributed by atoms with Gasteiger partial charge < -0.3 is 4.90 Å². The van der Waals surface area contributed by atoms with Gasteiger partial charge in [-0.1, -0.05) is 48.2 Å². The zero-order chi connectivity index (χ0) is 16.4. The van der Waals surface area contributed by atoms with Crippen LogP contribution in [0.4, 0.5) is 0 Å². The van der Waals surface area contributed by atoms with Gasteiger partial charge in [0.25, 0.3) is 0 Å². The molecule has 118 valence electrons. The second kappa shape index (κ2) is 6.42. The minimum absolute atomic E-state index is 0.00439. The van der Waals surface area contributed by atoms with Crippen molar-refractivity contribution in [2.75, 3.05) is 20.4 Å². The van der Waals surface area contributed by atoms with Crippen molar-refractivity contribution < 1.29 is 4.79 Å². The van der Waals surface area contributed by atoms with Crippen molar-refractivity contribution in [3.05, 3.63) is 42.5 Å². The molecule has 0 aliphatic heterocycles. The maximum atomic E-state index is 11.9. The number of nitrogens with zero attached hydrogens (tertiary/aromatic N) is 4. The summed E-state index contributed by atoms with van der Waals surface area (Å²) in [7, 11) is 3.48. The fourth-order valence-electron chi connectivity index (χ4n) is 2.30. The van der Waals surface area contributed by atoms with Crippen molar-refractivity contribution in [1.82, 2.24) is 19.7 Å². The number of thioether (sulfide) groups is 1. The molecule has 1 heterocycles. The second-order valence-corrected chi connectivity index (χ2v) is 6.20. The van der Waals surface area contributed by atoms with E-state index in [4.69, 9.17) is 0 Å². The first-order chi connectivity index (χ1) is 11.1. The number of fused-ring (bicyclic) bond motifs is 1. The Morgan fingerprint density at radius 3 is 2.61 bits per heavy atom. The molecule has 2 aromatic carbocycles. The number of likely N-dealkylation sites (N-methyl/N-ethyl adjacent to an activating group) is 1. The largest absolute Gasteiger partial charge is 0.347 e. The van der Waals surface area contributed by atoms with Crippen molar-refractivity contribution >= 4 is 28.4 Å². The Labute approximate surface area is 139 Å². The van der Waals surface area contributed by atoms with Crippen LogP contribution in [-0.2, 0) is 11.3 Å². The van der Waals surface area contributed by atoms with Gasteiger partial charge in [-0.15, -0.1) is 5.10 Å².